The number of hydrogen-bond donors (Lipinski definition) is 1. The normalized spacial score (nSPS) is 11.3. The van der Waals surface area contributed by atoms with Gasteiger partial charge in [0.15, 0.2) is 0 Å². The van der Waals surface area contributed by atoms with E-state index in [1.165, 1.54) is 12.1 Å². The zero-order valence-corrected chi connectivity index (χ0v) is 16.9. The van der Waals surface area contributed by atoms with E-state index >= 15 is 0 Å². The summed E-state index contributed by atoms with van der Waals surface area (Å²) in [5, 5.41) is 5.19. The van der Waals surface area contributed by atoms with Crippen LogP contribution in [-0.4, -0.2) is 8.42 Å². The number of sulfonamides is 1. The number of rotatable bonds is 4. The Labute approximate surface area is 163 Å². The first-order valence-corrected chi connectivity index (χ1v) is 10.4. The van der Waals surface area contributed by atoms with Crippen molar-refractivity contribution in [1.82, 2.24) is 0 Å². The van der Waals surface area contributed by atoms with Crippen molar-refractivity contribution < 1.29 is 8.42 Å². The molecule has 0 atom stereocenters. The van der Waals surface area contributed by atoms with Crippen LogP contribution in [0.4, 0.5) is 17.1 Å². The van der Waals surface area contributed by atoms with Crippen molar-refractivity contribution >= 4 is 58.9 Å². The number of anilines is 3. The van der Waals surface area contributed by atoms with Gasteiger partial charge in [-0.3, -0.25) is 0 Å². The maximum absolute atomic E-state index is 11.5. The van der Waals surface area contributed by atoms with Gasteiger partial charge in [-0.15, -0.1) is 0 Å². The van der Waals surface area contributed by atoms with E-state index in [9.17, 15) is 8.42 Å². The molecule has 0 aliphatic rings. The highest BCUT2D eigenvalue weighted by Gasteiger charge is 2.14. The Morgan fingerprint density at radius 3 is 1.28 bits per heavy atom. The highest BCUT2D eigenvalue weighted by molar-refractivity contribution is 9.10. The molecule has 0 unspecified atom stereocenters. The summed E-state index contributed by atoms with van der Waals surface area (Å²) in [7, 11) is -3.72. The summed E-state index contributed by atoms with van der Waals surface area (Å²) in [6, 6.07) is 22.3. The standard InChI is InChI=1S/C18H14Br2N2O2S/c19-13-1-5-15(6-2-13)22(16-7-3-14(20)4-8-16)17-9-11-18(12-10-17)25(21,23)24/h1-12H,(H2,21,23,24). The smallest absolute Gasteiger partial charge is 0.238 e. The summed E-state index contributed by atoms with van der Waals surface area (Å²) in [5.41, 5.74) is 2.74. The van der Waals surface area contributed by atoms with E-state index in [1.807, 2.05) is 53.4 Å². The number of halogens is 2. The van der Waals surface area contributed by atoms with Gasteiger partial charge in [0.1, 0.15) is 0 Å². The van der Waals surface area contributed by atoms with Crippen LogP contribution in [0.25, 0.3) is 0 Å². The summed E-state index contributed by atoms with van der Waals surface area (Å²) in [6.07, 6.45) is 0. The molecule has 0 aliphatic heterocycles. The van der Waals surface area contributed by atoms with E-state index in [0.717, 1.165) is 26.0 Å². The Morgan fingerprint density at radius 1 is 0.640 bits per heavy atom. The quantitative estimate of drug-likeness (QED) is 0.547. The molecular formula is C18H14Br2N2O2S. The molecule has 25 heavy (non-hydrogen) atoms. The monoisotopic (exact) mass is 480 g/mol. The SMILES string of the molecule is NS(=O)(=O)c1ccc(N(c2ccc(Br)cc2)c2ccc(Br)cc2)cc1. The molecule has 7 heteroatoms. The lowest BCUT2D eigenvalue weighted by Crippen LogP contribution is -2.13. The van der Waals surface area contributed by atoms with Crippen molar-refractivity contribution in [3.63, 3.8) is 0 Å². The molecule has 0 bridgehead atoms. The van der Waals surface area contributed by atoms with Crippen LogP contribution in [0.15, 0.2) is 86.6 Å². The maximum Gasteiger partial charge on any atom is 0.238 e. The van der Waals surface area contributed by atoms with Gasteiger partial charge in [-0.25, -0.2) is 13.6 Å². The third-order valence-electron chi connectivity index (χ3n) is 3.59. The van der Waals surface area contributed by atoms with Crippen molar-refractivity contribution in [2.75, 3.05) is 4.90 Å². The van der Waals surface area contributed by atoms with Crippen LogP contribution in [0.1, 0.15) is 0 Å². The van der Waals surface area contributed by atoms with Crippen molar-refractivity contribution in [2.45, 2.75) is 4.90 Å². The topological polar surface area (TPSA) is 63.4 Å². The molecule has 0 amide bonds. The first-order chi connectivity index (χ1) is 11.8. The Morgan fingerprint density at radius 2 is 0.960 bits per heavy atom. The van der Waals surface area contributed by atoms with Crippen LogP contribution in [0.5, 0.6) is 0 Å². The number of benzene rings is 3. The molecule has 2 N–H and O–H groups in total. The minimum absolute atomic E-state index is 0.0859. The molecule has 0 radical (unpaired) electrons. The lowest BCUT2D eigenvalue weighted by Gasteiger charge is -2.25. The molecule has 0 aromatic heterocycles. The number of hydrogen-bond acceptors (Lipinski definition) is 3. The lowest BCUT2D eigenvalue weighted by molar-refractivity contribution is 0.598. The summed E-state index contributed by atoms with van der Waals surface area (Å²) in [4.78, 5) is 2.12. The van der Waals surface area contributed by atoms with E-state index in [0.29, 0.717) is 0 Å². The molecule has 0 heterocycles. The van der Waals surface area contributed by atoms with Gasteiger partial charge in [0, 0.05) is 26.0 Å². The fourth-order valence-corrected chi connectivity index (χ4v) is 3.46. The van der Waals surface area contributed by atoms with Gasteiger partial charge in [0.25, 0.3) is 0 Å². The zero-order valence-electron chi connectivity index (χ0n) is 12.9. The molecule has 3 aromatic carbocycles. The van der Waals surface area contributed by atoms with E-state index in [1.54, 1.807) is 12.1 Å². The fraction of sp³-hybridized carbons (Fsp3) is 0. The van der Waals surface area contributed by atoms with Gasteiger partial charge in [-0.2, -0.15) is 0 Å². The molecule has 0 fully saturated rings. The zero-order chi connectivity index (χ0) is 18.0. The van der Waals surface area contributed by atoms with Gasteiger partial charge in [0.2, 0.25) is 10.0 Å². The summed E-state index contributed by atoms with van der Waals surface area (Å²) in [5.74, 6) is 0. The van der Waals surface area contributed by atoms with Crippen molar-refractivity contribution in [1.29, 1.82) is 0 Å². The van der Waals surface area contributed by atoms with Gasteiger partial charge in [-0.1, -0.05) is 31.9 Å². The van der Waals surface area contributed by atoms with Crippen LogP contribution in [0.2, 0.25) is 0 Å². The van der Waals surface area contributed by atoms with Crippen LogP contribution < -0.4 is 10.0 Å². The first-order valence-electron chi connectivity index (χ1n) is 7.29. The van der Waals surface area contributed by atoms with Crippen molar-refractivity contribution in [2.24, 2.45) is 5.14 Å². The predicted octanol–water partition coefficient (Wildman–Crippen LogP) is 5.33. The van der Waals surface area contributed by atoms with E-state index < -0.39 is 10.0 Å². The molecule has 0 saturated heterocycles. The molecule has 3 aromatic rings. The van der Waals surface area contributed by atoms with Crippen molar-refractivity contribution in [3.05, 3.63) is 81.7 Å². The minimum Gasteiger partial charge on any atom is -0.311 e. The van der Waals surface area contributed by atoms with Crippen LogP contribution in [0, 0.1) is 0 Å². The minimum atomic E-state index is -3.72. The summed E-state index contributed by atoms with van der Waals surface area (Å²) >= 11 is 6.89. The molecule has 4 nitrogen and oxygen atoms in total. The second-order valence-electron chi connectivity index (χ2n) is 5.33. The second-order valence-corrected chi connectivity index (χ2v) is 8.72. The highest BCUT2D eigenvalue weighted by Crippen LogP contribution is 2.35. The number of nitrogens with zero attached hydrogens (tertiary/aromatic N) is 1. The largest absolute Gasteiger partial charge is 0.311 e. The summed E-state index contributed by atoms with van der Waals surface area (Å²) < 4.78 is 24.9. The highest BCUT2D eigenvalue weighted by atomic mass is 79.9. The molecule has 3 rings (SSSR count). The van der Waals surface area contributed by atoms with Crippen LogP contribution >= 0.6 is 31.9 Å². The number of primary sulfonamides is 1. The third-order valence-corrected chi connectivity index (χ3v) is 5.58. The molecule has 0 saturated carbocycles. The van der Waals surface area contributed by atoms with Crippen LogP contribution in [-0.2, 0) is 10.0 Å². The van der Waals surface area contributed by atoms with E-state index in [-0.39, 0.29) is 4.90 Å². The molecule has 128 valence electrons. The summed E-state index contributed by atoms with van der Waals surface area (Å²) in [6.45, 7) is 0. The van der Waals surface area contributed by atoms with Crippen molar-refractivity contribution in [3.8, 4) is 0 Å². The van der Waals surface area contributed by atoms with Crippen LogP contribution in [0.3, 0.4) is 0 Å². The van der Waals surface area contributed by atoms with Gasteiger partial charge < -0.3 is 4.90 Å². The molecule has 0 spiro atoms. The van der Waals surface area contributed by atoms with Gasteiger partial charge >= 0.3 is 0 Å². The predicted molar refractivity (Wildman–Crippen MR) is 108 cm³/mol. The maximum atomic E-state index is 11.5. The van der Waals surface area contributed by atoms with Gasteiger partial charge in [0.05, 0.1) is 4.90 Å². The van der Waals surface area contributed by atoms with E-state index in [2.05, 4.69) is 31.9 Å². The Kier molecular flexibility index (Phi) is 5.29. The third kappa shape index (κ3) is 4.30. The fourth-order valence-electron chi connectivity index (χ4n) is 2.41. The Hall–Kier alpha value is -1.67. The average Bonchev–Trinajstić information content (AvgIpc) is 2.58. The Balaban J connectivity index is 2.10. The van der Waals surface area contributed by atoms with Gasteiger partial charge in [-0.05, 0) is 72.8 Å². The molecule has 0 aliphatic carbocycles. The number of nitrogens with two attached hydrogens (primary N) is 1. The van der Waals surface area contributed by atoms with E-state index in [4.69, 9.17) is 5.14 Å². The second kappa shape index (κ2) is 7.29. The Bertz CT molecular complexity index is 926. The molecular weight excluding hydrogens is 468 g/mol. The lowest BCUT2D eigenvalue weighted by atomic mass is 10.2. The average molecular weight is 482 g/mol. The first kappa shape index (κ1) is 18.1.